The van der Waals surface area contributed by atoms with Gasteiger partial charge in [0.25, 0.3) is 5.91 Å². The van der Waals surface area contributed by atoms with Crippen molar-refractivity contribution in [3.63, 3.8) is 0 Å². The van der Waals surface area contributed by atoms with Crippen LogP contribution in [0.1, 0.15) is 18.1 Å². The molecule has 0 fully saturated rings. The Morgan fingerprint density at radius 2 is 1.69 bits per heavy atom. The lowest BCUT2D eigenvalue weighted by Gasteiger charge is -2.07. The molecule has 5 nitrogen and oxygen atoms in total. The number of carbonyl (C=O) groups is 1. The van der Waals surface area contributed by atoms with Gasteiger partial charge >= 0.3 is 0 Å². The zero-order valence-electron chi connectivity index (χ0n) is 14.8. The number of nitrogens with zero attached hydrogens (tertiary/aromatic N) is 2. The van der Waals surface area contributed by atoms with Crippen molar-refractivity contribution in [3.05, 3.63) is 84.2 Å². The molecular formula is C21H21N3O2. The predicted octanol–water partition coefficient (Wildman–Crippen LogP) is 3.70. The van der Waals surface area contributed by atoms with Crippen LogP contribution in [-0.4, -0.2) is 22.8 Å². The van der Waals surface area contributed by atoms with Gasteiger partial charge in [0.2, 0.25) is 0 Å². The number of amides is 1. The van der Waals surface area contributed by atoms with Crippen LogP contribution in [0.25, 0.3) is 5.69 Å². The first-order chi connectivity index (χ1) is 12.6. The molecule has 0 bridgehead atoms. The van der Waals surface area contributed by atoms with Crippen molar-refractivity contribution in [3.8, 4) is 11.4 Å². The maximum absolute atomic E-state index is 11.9. The maximum atomic E-state index is 11.9. The van der Waals surface area contributed by atoms with Crippen LogP contribution in [0.15, 0.2) is 78.2 Å². The molecule has 0 saturated carbocycles. The van der Waals surface area contributed by atoms with Gasteiger partial charge in [0.05, 0.1) is 5.71 Å². The summed E-state index contributed by atoms with van der Waals surface area (Å²) in [6.45, 7) is 3.78. The molecule has 2 aromatic carbocycles. The van der Waals surface area contributed by atoms with Crippen LogP contribution in [0.4, 0.5) is 0 Å². The molecule has 3 aromatic rings. The van der Waals surface area contributed by atoms with E-state index in [1.54, 1.807) is 0 Å². The van der Waals surface area contributed by atoms with Gasteiger partial charge in [0.15, 0.2) is 6.61 Å². The Morgan fingerprint density at radius 3 is 2.35 bits per heavy atom. The van der Waals surface area contributed by atoms with E-state index in [2.05, 4.69) is 10.5 Å². The normalized spacial score (nSPS) is 11.2. The van der Waals surface area contributed by atoms with E-state index in [4.69, 9.17) is 4.74 Å². The van der Waals surface area contributed by atoms with Crippen molar-refractivity contribution in [1.82, 2.24) is 9.99 Å². The number of nitrogens with one attached hydrogen (secondary N) is 1. The highest BCUT2D eigenvalue weighted by molar-refractivity contribution is 5.99. The van der Waals surface area contributed by atoms with Gasteiger partial charge in [-0.3, -0.25) is 4.79 Å². The van der Waals surface area contributed by atoms with E-state index in [-0.39, 0.29) is 12.5 Å². The molecule has 1 heterocycles. The zero-order chi connectivity index (χ0) is 18.4. The lowest BCUT2D eigenvalue weighted by molar-refractivity contribution is -0.123. The molecule has 0 spiro atoms. The monoisotopic (exact) mass is 347 g/mol. The van der Waals surface area contributed by atoms with Gasteiger partial charge in [-0.1, -0.05) is 29.8 Å². The van der Waals surface area contributed by atoms with Crippen molar-refractivity contribution in [1.29, 1.82) is 0 Å². The van der Waals surface area contributed by atoms with E-state index in [1.165, 1.54) is 0 Å². The van der Waals surface area contributed by atoms with E-state index in [0.29, 0.717) is 5.75 Å². The summed E-state index contributed by atoms with van der Waals surface area (Å²) >= 11 is 0. The quantitative estimate of drug-likeness (QED) is 0.546. The van der Waals surface area contributed by atoms with E-state index in [1.807, 2.05) is 91.5 Å². The Labute approximate surface area is 152 Å². The van der Waals surface area contributed by atoms with Crippen molar-refractivity contribution in [2.75, 3.05) is 6.61 Å². The summed E-state index contributed by atoms with van der Waals surface area (Å²) < 4.78 is 7.46. The van der Waals surface area contributed by atoms with Gasteiger partial charge in [0, 0.05) is 18.1 Å². The standard InChI is InChI=1S/C21H21N3O2/c1-16-5-11-20(12-6-16)26-15-21(25)23-22-17(2)18-7-9-19(10-8-18)24-13-3-4-14-24/h3-14H,15H2,1-2H3,(H,23,25)/b22-17+. The first kappa shape index (κ1) is 17.5. The molecule has 0 aliphatic carbocycles. The average molecular weight is 347 g/mol. The third-order valence-corrected chi connectivity index (χ3v) is 3.93. The van der Waals surface area contributed by atoms with Crippen LogP contribution < -0.4 is 10.2 Å². The second kappa shape index (κ2) is 8.16. The largest absolute Gasteiger partial charge is 0.484 e. The number of hydrazone groups is 1. The zero-order valence-corrected chi connectivity index (χ0v) is 14.8. The van der Waals surface area contributed by atoms with Gasteiger partial charge in [0.1, 0.15) is 5.75 Å². The number of hydrogen-bond donors (Lipinski definition) is 1. The number of aryl methyl sites for hydroxylation is 1. The van der Waals surface area contributed by atoms with E-state index < -0.39 is 0 Å². The summed E-state index contributed by atoms with van der Waals surface area (Å²) in [5.41, 5.74) is 6.41. The molecule has 3 rings (SSSR count). The fraction of sp³-hybridized carbons (Fsp3) is 0.143. The van der Waals surface area contributed by atoms with Crippen LogP contribution >= 0.6 is 0 Å². The van der Waals surface area contributed by atoms with Crippen molar-refractivity contribution in [2.45, 2.75) is 13.8 Å². The lowest BCUT2D eigenvalue weighted by Crippen LogP contribution is -2.25. The van der Waals surface area contributed by atoms with Crippen molar-refractivity contribution >= 4 is 11.6 Å². The third-order valence-electron chi connectivity index (χ3n) is 3.93. The number of benzene rings is 2. The van der Waals surface area contributed by atoms with Gasteiger partial charge < -0.3 is 9.30 Å². The Balaban J connectivity index is 1.54. The molecule has 0 radical (unpaired) electrons. The Kier molecular flexibility index (Phi) is 5.49. The van der Waals surface area contributed by atoms with Crippen LogP contribution in [0.5, 0.6) is 5.75 Å². The molecule has 1 aromatic heterocycles. The van der Waals surface area contributed by atoms with E-state index in [0.717, 1.165) is 22.5 Å². The van der Waals surface area contributed by atoms with Crippen LogP contribution in [-0.2, 0) is 4.79 Å². The van der Waals surface area contributed by atoms with E-state index >= 15 is 0 Å². The summed E-state index contributed by atoms with van der Waals surface area (Å²) in [6, 6.07) is 19.5. The lowest BCUT2D eigenvalue weighted by atomic mass is 10.1. The minimum absolute atomic E-state index is 0.0770. The Bertz CT molecular complexity index is 880. The maximum Gasteiger partial charge on any atom is 0.277 e. The molecule has 26 heavy (non-hydrogen) atoms. The molecule has 0 unspecified atom stereocenters. The number of aromatic nitrogens is 1. The SMILES string of the molecule is C/C(=N\NC(=O)COc1ccc(C)cc1)c1ccc(-n2cccc2)cc1. The first-order valence-corrected chi connectivity index (χ1v) is 8.38. The van der Waals surface area contributed by atoms with Crippen LogP contribution in [0.3, 0.4) is 0 Å². The molecule has 132 valence electrons. The van der Waals surface area contributed by atoms with Crippen LogP contribution in [0, 0.1) is 6.92 Å². The molecule has 1 N–H and O–H groups in total. The topological polar surface area (TPSA) is 55.6 Å². The average Bonchev–Trinajstić information content (AvgIpc) is 3.20. The number of rotatable bonds is 6. The second-order valence-electron chi connectivity index (χ2n) is 5.97. The summed E-state index contributed by atoms with van der Waals surface area (Å²) in [4.78, 5) is 11.9. The van der Waals surface area contributed by atoms with Gasteiger partial charge in [-0.05, 0) is 55.8 Å². The summed E-state index contributed by atoms with van der Waals surface area (Å²) in [5, 5.41) is 4.14. The predicted molar refractivity (Wildman–Crippen MR) is 103 cm³/mol. The summed E-state index contributed by atoms with van der Waals surface area (Å²) in [7, 11) is 0. The molecule has 5 heteroatoms. The minimum atomic E-state index is -0.297. The van der Waals surface area contributed by atoms with E-state index in [9.17, 15) is 4.79 Å². The van der Waals surface area contributed by atoms with Crippen molar-refractivity contribution < 1.29 is 9.53 Å². The minimum Gasteiger partial charge on any atom is -0.484 e. The Morgan fingerprint density at radius 1 is 1.04 bits per heavy atom. The highest BCUT2D eigenvalue weighted by Gasteiger charge is 2.03. The van der Waals surface area contributed by atoms with Crippen molar-refractivity contribution in [2.24, 2.45) is 5.10 Å². The third kappa shape index (κ3) is 4.60. The van der Waals surface area contributed by atoms with Gasteiger partial charge in [-0.2, -0.15) is 5.10 Å². The highest BCUT2D eigenvalue weighted by Crippen LogP contribution is 2.12. The summed E-state index contributed by atoms with van der Waals surface area (Å²) in [6.07, 6.45) is 3.98. The highest BCUT2D eigenvalue weighted by atomic mass is 16.5. The number of carbonyl (C=O) groups excluding carboxylic acids is 1. The first-order valence-electron chi connectivity index (χ1n) is 8.38. The van der Waals surface area contributed by atoms with Gasteiger partial charge in [-0.15, -0.1) is 0 Å². The molecule has 0 aliphatic heterocycles. The molecule has 0 atom stereocenters. The smallest absolute Gasteiger partial charge is 0.277 e. The number of hydrogen-bond acceptors (Lipinski definition) is 3. The fourth-order valence-corrected chi connectivity index (χ4v) is 2.41. The Hall–Kier alpha value is -3.34. The molecule has 1 amide bonds. The summed E-state index contributed by atoms with van der Waals surface area (Å²) in [5.74, 6) is 0.362. The molecule has 0 saturated heterocycles. The molecular weight excluding hydrogens is 326 g/mol. The van der Waals surface area contributed by atoms with Crippen LogP contribution in [0.2, 0.25) is 0 Å². The fourth-order valence-electron chi connectivity index (χ4n) is 2.41. The number of ether oxygens (including phenoxy) is 1. The second-order valence-corrected chi connectivity index (χ2v) is 5.97. The molecule has 0 aliphatic rings. The van der Waals surface area contributed by atoms with Gasteiger partial charge in [-0.25, -0.2) is 5.43 Å².